The zero-order chi connectivity index (χ0) is 16.8. The summed E-state index contributed by atoms with van der Waals surface area (Å²) in [6.07, 6.45) is 5.54. The molecular weight excluding hydrogens is 378 g/mol. The summed E-state index contributed by atoms with van der Waals surface area (Å²) in [6, 6.07) is 3.49. The second-order valence-electron chi connectivity index (χ2n) is 6.09. The number of urea groups is 1. The standard InChI is InChI=1S/C16H24BrN3O2S/c1-11(20(2)10-13-8-9-14(17)23-13)15(21)19-16(22)18-12-6-4-3-5-7-12/h8-9,11-12H,3-7,10H2,1-2H3,(H2,18,19,21,22)/t11-/m0/s1. The number of thiophene rings is 1. The molecule has 0 aliphatic heterocycles. The summed E-state index contributed by atoms with van der Waals surface area (Å²) >= 11 is 5.08. The van der Waals surface area contributed by atoms with Crippen molar-refractivity contribution in [3.63, 3.8) is 0 Å². The molecule has 128 valence electrons. The summed E-state index contributed by atoms with van der Waals surface area (Å²) in [5, 5.41) is 5.37. The highest BCUT2D eigenvalue weighted by Crippen LogP contribution is 2.23. The Labute approximate surface area is 149 Å². The Morgan fingerprint density at radius 3 is 2.65 bits per heavy atom. The van der Waals surface area contributed by atoms with Crippen molar-refractivity contribution in [1.29, 1.82) is 0 Å². The monoisotopic (exact) mass is 401 g/mol. The highest BCUT2D eigenvalue weighted by Gasteiger charge is 2.22. The summed E-state index contributed by atoms with van der Waals surface area (Å²) in [7, 11) is 1.89. The predicted octanol–water partition coefficient (Wildman–Crippen LogP) is 3.49. The van der Waals surface area contributed by atoms with Crippen molar-refractivity contribution in [3.8, 4) is 0 Å². The van der Waals surface area contributed by atoms with Crippen LogP contribution in [0.3, 0.4) is 0 Å². The number of likely N-dealkylation sites (N-methyl/N-ethyl adjacent to an activating group) is 1. The molecule has 0 spiro atoms. The Hall–Kier alpha value is -0.920. The van der Waals surface area contributed by atoms with E-state index in [0.717, 1.165) is 29.5 Å². The number of nitrogens with one attached hydrogen (secondary N) is 2. The number of amides is 3. The van der Waals surface area contributed by atoms with Crippen molar-refractivity contribution < 1.29 is 9.59 Å². The maximum absolute atomic E-state index is 12.2. The predicted molar refractivity (Wildman–Crippen MR) is 96.5 cm³/mol. The molecule has 0 aromatic carbocycles. The molecule has 3 amide bonds. The van der Waals surface area contributed by atoms with E-state index in [1.807, 2.05) is 31.0 Å². The van der Waals surface area contributed by atoms with Crippen LogP contribution in [0.5, 0.6) is 0 Å². The molecule has 2 rings (SSSR count). The van der Waals surface area contributed by atoms with Crippen molar-refractivity contribution in [2.45, 2.75) is 57.7 Å². The molecule has 0 unspecified atom stereocenters. The highest BCUT2D eigenvalue weighted by molar-refractivity contribution is 9.11. The average Bonchev–Trinajstić information content (AvgIpc) is 2.92. The molecule has 23 heavy (non-hydrogen) atoms. The fraction of sp³-hybridized carbons (Fsp3) is 0.625. The van der Waals surface area contributed by atoms with E-state index < -0.39 is 0 Å². The average molecular weight is 402 g/mol. The Kier molecular flexibility index (Phi) is 7.05. The molecular formula is C16H24BrN3O2S. The SMILES string of the molecule is C[C@@H](C(=O)NC(=O)NC1CCCCC1)N(C)Cc1ccc(Br)s1. The van der Waals surface area contributed by atoms with Gasteiger partial charge in [0, 0.05) is 17.5 Å². The maximum Gasteiger partial charge on any atom is 0.321 e. The maximum atomic E-state index is 12.2. The number of halogens is 1. The minimum Gasteiger partial charge on any atom is -0.335 e. The van der Waals surface area contributed by atoms with Gasteiger partial charge in [-0.15, -0.1) is 11.3 Å². The van der Waals surface area contributed by atoms with Crippen LogP contribution in [0.15, 0.2) is 15.9 Å². The molecule has 1 aliphatic carbocycles. The van der Waals surface area contributed by atoms with Crippen LogP contribution in [0.4, 0.5) is 4.79 Å². The van der Waals surface area contributed by atoms with Crippen molar-refractivity contribution in [2.24, 2.45) is 0 Å². The third kappa shape index (κ3) is 5.90. The van der Waals surface area contributed by atoms with E-state index in [1.54, 1.807) is 11.3 Å². The van der Waals surface area contributed by atoms with E-state index in [1.165, 1.54) is 11.3 Å². The van der Waals surface area contributed by atoms with Gasteiger partial charge in [0.1, 0.15) is 0 Å². The topological polar surface area (TPSA) is 61.4 Å². The molecule has 1 aromatic rings. The molecule has 1 heterocycles. The number of imide groups is 1. The van der Waals surface area contributed by atoms with Crippen molar-refractivity contribution in [3.05, 3.63) is 20.8 Å². The zero-order valence-corrected chi connectivity index (χ0v) is 16.0. The summed E-state index contributed by atoms with van der Waals surface area (Å²) in [5.74, 6) is -0.267. The molecule has 1 atom stereocenters. The molecule has 7 heteroatoms. The van der Waals surface area contributed by atoms with Gasteiger partial charge in [0.05, 0.1) is 9.83 Å². The van der Waals surface area contributed by atoms with E-state index in [9.17, 15) is 9.59 Å². The van der Waals surface area contributed by atoms with Gasteiger partial charge >= 0.3 is 6.03 Å². The van der Waals surface area contributed by atoms with Gasteiger partial charge in [-0.3, -0.25) is 15.0 Å². The van der Waals surface area contributed by atoms with Crippen LogP contribution in [-0.4, -0.2) is 36.0 Å². The van der Waals surface area contributed by atoms with Crippen LogP contribution in [0.2, 0.25) is 0 Å². The zero-order valence-electron chi connectivity index (χ0n) is 13.6. The molecule has 2 N–H and O–H groups in total. The number of carbonyl (C=O) groups is 2. The van der Waals surface area contributed by atoms with Gasteiger partial charge < -0.3 is 5.32 Å². The van der Waals surface area contributed by atoms with Gasteiger partial charge in [-0.25, -0.2) is 4.79 Å². The first-order chi connectivity index (χ1) is 11.0. The lowest BCUT2D eigenvalue weighted by Gasteiger charge is -2.25. The highest BCUT2D eigenvalue weighted by atomic mass is 79.9. The largest absolute Gasteiger partial charge is 0.335 e. The molecule has 0 saturated heterocycles. The first-order valence-corrected chi connectivity index (χ1v) is 9.62. The van der Waals surface area contributed by atoms with Gasteiger partial charge in [-0.05, 0) is 54.9 Å². The molecule has 0 bridgehead atoms. The van der Waals surface area contributed by atoms with Gasteiger partial charge in [-0.1, -0.05) is 19.3 Å². The summed E-state index contributed by atoms with van der Waals surface area (Å²) in [6.45, 7) is 2.49. The summed E-state index contributed by atoms with van der Waals surface area (Å²) in [5.41, 5.74) is 0. The number of hydrogen-bond donors (Lipinski definition) is 2. The van der Waals surface area contributed by atoms with E-state index in [4.69, 9.17) is 0 Å². The first kappa shape index (κ1) is 18.4. The fourth-order valence-electron chi connectivity index (χ4n) is 2.70. The third-order valence-electron chi connectivity index (χ3n) is 4.25. The van der Waals surface area contributed by atoms with Gasteiger partial charge in [0.2, 0.25) is 5.91 Å². The van der Waals surface area contributed by atoms with E-state index in [-0.39, 0.29) is 24.0 Å². The van der Waals surface area contributed by atoms with Crippen LogP contribution in [0.1, 0.15) is 43.9 Å². The summed E-state index contributed by atoms with van der Waals surface area (Å²) < 4.78 is 1.07. The lowest BCUT2D eigenvalue weighted by atomic mass is 9.96. The van der Waals surface area contributed by atoms with Gasteiger partial charge in [-0.2, -0.15) is 0 Å². The lowest BCUT2D eigenvalue weighted by molar-refractivity contribution is -0.124. The van der Waals surface area contributed by atoms with Crippen LogP contribution < -0.4 is 10.6 Å². The van der Waals surface area contributed by atoms with Crippen molar-refractivity contribution >= 4 is 39.2 Å². The molecule has 1 fully saturated rings. The number of rotatable bonds is 5. The van der Waals surface area contributed by atoms with Crippen LogP contribution >= 0.6 is 27.3 Å². The fourth-order valence-corrected chi connectivity index (χ4v) is 4.25. The number of carbonyl (C=O) groups excluding carboxylic acids is 2. The smallest absolute Gasteiger partial charge is 0.321 e. The van der Waals surface area contributed by atoms with Crippen molar-refractivity contribution in [2.75, 3.05) is 7.05 Å². The summed E-state index contributed by atoms with van der Waals surface area (Å²) in [4.78, 5) is 27.3. The number of nitrogens with zero attached hydrogens (tertiary/aromatic N) is 1. The van der Waals surface area contributed by atoms with Crippen molar-refractivity contribution in [1.82, 2.24) is 15.5 Å². The minimum absolute atomic E-state index is 0.202. The first-order valence-electron chi connectivity index (χ1n) is 8.01. The van der Waals surface area contributed by atoms with Crippen LogP contribution in [0, 0.1) is 0 Å². The van der Waals surface area contributed by atoms with E-state index in [2.05, 4.69) is 26.6 Å². The second kappa shape index (κ2) is 8.80. The van der Waals surface area contributed by atoms with Gasteiger partial charge in [0.15, 0.2) is 0 Å². The van der Waals surface area contributed by atoms with Crippen LogP contribution in [0.25, 0.3) is 0 Å². The Balaban J connectivity index is 1.77. The van der Waals surface area contributed by atoms with E-state index in [0.29, 0.717) is 6.54 Å². The third-order valence-corrected chi connectivity index (χ3v) is 5.86. The van der Waals surface area contributed by atoms with E-state index >= 15 is 0 Å². The van der Waals surface area contributed by atoms with Gasteiger partial charge in [0.25, 0.3) is 0 Å². The second-order valence-corrected chi connectivity index (χ2v) is 8.64. The van der Waals surface area contributed by atoms with Crippen LogP contribution in [-0.2, 0) is 11.3 Å². The quantitative estimate of drug-likeness (QED) is 0.793. The molecule has 1 aliphatic rings. The minimum atomic E-state index is -0.374. The molecule has 5 nitrogen and oxygen atoms in total. The Morgan fingerprint density at radius 2 is 2.04 bits per heavy atom. The normalized spacial score (nSPS) is 17.0. The molecule has 1 saturated carbocycles. The Morgan fingerprint density at radius 1 is 1.35 bits per heavy atom. The molecule has 0 radical (unpaired) electrons. The Bertz CT molecular complexity index is 543. The number of hydrogen-bond acceptors (Lipinski definition) is 4. The molecule has 1 aromatic heterocycles. The lowest BCUT2D eigenvalue weighted by Crippen LogP contribution is -2.50.